The van der Waals surface area contributed by atoms with Crippen molar-refractivity contribution in [3.05, 3.63) is 30.9 Å². The first-order valence-electron chi connectivity index (χ1n) is 6.46. The van der Waals surface area contributed by atoms with E-state index in [9.17, 15) is 4.79 Å². The molecule has 1 aliphatic heterocycles. The van der Waals surface area contributed by atoms with Crippen LogP contribution in [0.5, 0.6) is 0 Å². The van der Waals surface area contributed by atoms with Crippen LogP contribution in [-0.2, 0) is 11.3 Å². The zero-order valence-electron chi connectivity index (χ0n) is 11.0. The summed E-state index contributed by atoms with van der Waals surface area (Å²) in [4.78, 5) is 20.3. The molecule has 3 heterocycles. The second-order valence-electron chi connectivity index (χ2n) is 4.59. The van der Waals surface area contributed by atoms with Crippen molar-refractivity contribution in [1.29, 1.82) is 0 Å². The molecular formula is C12H15N7O. The van der Waals surface area contributed by atoms with Gasteiger partial charge in [-0.05, 0) is 22.6 Å². The van der Waals surface area contributed by atoms with Crippen molar-refractivity contribution in [3.63, 3.8) is 0 Å². The summed E-state index contributed by atoms with van der Waals surface area (Å²) in [6.45, 7) is 3.23. The third-order valence-corrected chi connectivity index (χ3v) is 3.33. The highest BCUT2D eigenvalue weighted by Crippen LogP contribution is 2.14. The van der Waals surface area contributed by atoms with Crippen LogP contribution in [0.4, 0.5) is 5.69 Å². The highest BCUT2D eigenvalue weighted by atomic mass is 16.2. The number of carbonyl (C=O) groups excluding carboxylic acids is 1. The van der Waals surface area contributed by atoms with Gasteiger partial charge in [-0.25, -0.2) is 4.68 Å². The summed E-state index contributed by atoms with van der Waals surface area (Å²) in [5.41, 5.74) is 1.10. The summed E-state index contributed by atoms with van der Waals surface area (Å²) in [5, 5.41) is 10.7. The number of piperazine rings is 1. The van der Waals surface area contributed by atoms with Crippen LogP contribution < -0.4 is 4.90 Å². The number of hydrogen-bond acceptors (Lipinski definition) is 6. The minimum atomic E-state index is 0.0446. The molecule has 0 bridgehead atoms. The third-order valence-electron chi connectivity index (χ3n) is 3.33. The summed E-state index contributed by atoms with van der Waals surface area (Å²) in [5.74, 6) is 0.0446. The maximum absolute atomic E-state index is 12.1. The highest BCUT2D eigenvalue weighted by molar-refractivity contribution is 5.76. The number of nitrogens with zero attached hydrogens (tertiary/aromatic N) is 7. The lowest BCUT2D eigenvalue weighted by Crippen LogP contribution is -2.49. The number of hydrogen-bond donors (Lipinski definition) is 0. The fraction of sp³-hybridized carbons (Fsp3) is 0.417. The van der Waals surface area contributed by atoms with Gasteiger partial charge in [-0.2, -0.15) is 0 Å². The van der Waals surface area contributed by atoms with Gasteiger partial charge in [0.25, 0.3) is 0 Å². The SMILES string of the molecule is O=C(Cn1cnnn1)N1CCN(c2cccnc2)CC1. The van der Waals surface area contributed by atoms with Gasteiger partial charge in [0.1, 0.15) is 12.9 Å². The van der Waals surface area contributed by atoms with Crippen molar-refractivity contribution < 1.29 is 4.79 Å². The number of rotatable bonds is 3. The Labute approximate surface area is 116 Å². The predicted octanol–water partition coefficient (Wildman–Crippen LogP) is -0.583. The molecule has 8 heteroatoms. The normalized spacial score (nSPS) is 15.4. The molecule has 1 fully saturated rings. The summed E-state index contributed by atoms with van der Waals surface area (Å²) in [7, 11) is 0. The second kappa shape index (κ2) is 5.64. The van der Waals surface area contributed by atoms with Gasteiger partial charge in [0.2, 0.25) is 5.91 Å². The molecule has 20 heavy (non-hydrogen) atoms. The van der Waals surface area contributed by atoms with E-state index < -0.39 is 0 Å². The number of tetrazole rings is 1. The standard InChI is InChI=1S/C12H15N7O/c20-12(9-19-10-14-15-16-19)18-6-4-17(5-7-18)11-2-1-3-13-8-11/h1-3,8,10H,4-7,9H2. The van der Waals surface area contributed by atoms with Crippen molar-refractivity contribution >= 4 is 11.6 Å². The van der Waals surface area contributed by atoms with Crippen molar-refractivity contribution in [2.24, 2.45) is 0 Å². The Kier molecular flexibility index (Phi) is 3.53. The first-order chi connectivity index (χ1) is 9.83. The van der Waals surface area contributed by atoms with Crippen LogP contribution in [0.2, 0.25) is 0 Å². The summed E-state index contributed by atoms with van der Waals surface area (Å²) < 4.78 is 1.44. The smallest absolute Gasteiger partial charge is 0.244 e. The lowest BCUT2D eigenvalue weighted by atomic mass is 10.2. The Morgan fingerprint density at radius 1 is 1.25 bits per heavy atom. The quantitative estimate of drug-likeness (QED) is 0.744. The molecule has 0 aliphatic carbocycles. The van der Waals surface area contributed by atoms with Crippen molar-refractivity contribution in [2.45, 2.75) is 6.54 Å². The van der Waals surface area contributed by atoms with Crippen LogP contribution >= 0.6 is 0 Å². The molecule has 1 aliphatic rings. The first kappa shape index (κ1) is 12.5. The zero-order chi connectivity index (χ0) is 13.8. The molecule has 0 radical (unpaired) electrons. The average molecular weight is 273 g/mol. The molecule has 0 spiro atoms. The van der Waals surface area contributed by atoms with Gasteiger partial charge in [0, 0.05) is 32.4 Å². The minimum Gasteiger partial charge on any atom is -0.367 e. The molecule has 2 aromatic rings. The highest BCUT2D eigenvalue weighted by Gasteiger charge is 2.21. The Balaban J connectivity index is 1.54. The first-order valence-corrected chi connectivity index (χ1v) is 6.46. The van der Waals surface area contributed by atoms with E-state index in [1.807, 2.05) is 23.2 Å². The second-order valence-corrected chi connectivity index (χ2v) is 4.59. The van der Waals surface area contributed by atoms with Crippen LogP contribution in [0.15, 0.2) is 30.9 Å². The van der Waals surface area contributed by atoms with Gasteiger partial charge < -0.3 is 9.80 Å². The van der Waals surface area contributed by atoms with E-state index in [0.717, 1.165) is 18.8 Å². The van der Waals surface area contributed by atoms with E-state index in [2.05, 4.69) is 25.4 Å². The third kappa shape index (κ3) is 2.73. The molecular weight excluding hydrogens is 258 g/mol. The molecule has 8 nitrogen and oxygen atoms in total. The predicted molar refractivity (Wildman–Crippen MR) is 70.8 cm³/mol. The fourth-order valence-corrected chi connectivity index (χ4v) is 2.25. The maximum Gasteiger partial charge on any atom is 0.244 e. The molecule has 104 valence electrons. The van der Waals surface area contributed by atoms with Crippen LogP contribution in [0.1, 0.15) is 0 Å². The molecule has 0 unspecified atom stereocenters. The molecule has 0 saturated carbocycles. The van der Waals surface area contributed by atoms with Gasteiger partial charge in [-0.3, -0.25) is 9.78 Å². The average Bonchev–Trinajstić information content (AvgIpc) is 3.01. The van der Waals surface area contributed by atoms with E-state index in [4.69, 9.17) is 0 Å². The molecule has 0 atom stereocenters. The number of aromatic nitrogens is 5. The lowest BCUT2D eigenvalue weighted by Gasteiger charge is -2.35. The van der Waals surface area contributed by atoms with Crippen molar-refractivity contribution in [2.75, 3.05) is 31.1 Å². The molecule has 0 N–H and O–H groups in total. The Bertz CT molecular complexity index is 548. The Hall–Kier alpha value is -2.51. The summed E-state index contributed by atoms with van der Waals surface area (Å²) >= 11 is 0. The van der Waals surface area contributed by atoms with Gasteiger partial charge in [-0.15, -0.1) is 5.10 Å². The fourth-order valence-electron chi connectivity index (χ4n) is 2.25. The van der Waals surface area contributed by atoms with Gasteiger partial charge in [0.05, 0.1) is 11.9 Å². The van der Waals surface area contributed by atoms with E-state index >= 15 is 0 Å². The van der Waals surface area contributed by atoms with E-state index in [1.54, 1.807) is 6.20 Å². The zero-order valence-corrected chi connectivity index (χ0v) is 11.0. The number of pyridine rings is 1. The van der Waals surface area contributed by atoms with Gasteiger partial charge in [-0.1, -0.05) is 0 Å². The topological polar surface area (TPSA) is 80.0 Å². The lowest BCUT2D eigenvalue weighted by molar-refractivity contribution is -0.132. The van der Waals surface area contributed by atoms with Crippen LogP contribution in [-0.4, -0.2) is 62.2 Å². The van der Waals surface area contributed by atoms with E-state index in [-0.39, 0.29) is 12.5 Å². The van der Waals surface area contributed by atoms with Crippen LogP contribution in [0.25, 0.3) is 0 Å². The summed E-state index contributed by atoms with van der Waals surface area (Å²) in [6.07, 6.45) is 5.05. The number of anilines is 1. The monoisotopic (exact) mass is 273 g/mol. The van der Waals surface area contributed by atoms with Gasteiger partial charge in [0.15, 0.2) is 0 Å². The largest absolute Gasteiger partial charge is 0.367 e. The Morgan fingerprint density at radius 2 is 2.10 bits per heavy atom. The summed E-state index contributed by atoms with van der Waals surface area (Å²) in [6, 6.07) is 3.95. The molecule has 3 rings (SSSR count). The van der Waals surface area contributed by atoms with Crippen LogP contribution in [0.3, 0.4) is 0 Å². The van der Waals surface area contributed by atoms with Crippen molar-refractivity contribution in [1.82, 2.24) is 30.1 Å². The van der Waals surface area contributed by atoms with Crippen molar-refractivity contribution in [3.8, 4) is 0 Å². The number of amides is 1. The molecule has 1 amide bonds. The number of carbonyl (C=O) groups is 1. The maximum atomic E-state index is 12.1. The Morgan fingerprint density at radius 3 is 2.75 bits per heavy atom. The molecule has 0 aromatic carbocycles. The minimum absolute atomic E-state index is 0.0446. The molecule has 1 saturated heterocycles. The van der Waals surface area contributed by atoms with E-state index in [0.29, 0.717) is 13.1 Å². The molecule has 2 aromatic heterocycles. The van der Waals surface area contributed by atoms with E-state index in [1.165, 1.54) is 11.0 Å². The van der Waals surface area contributed by atoms with Gasteiger partial charge >= 0.3 is 0 Å². The van der Waals surface area contributed by atoms with Crippen LogP contribution in [0, 0.1) is 0 Å².